The van der Waals surface area contributed by atoms with Crippen LogP contribution in [0.25, 0.3) is 10.2 Å². The van der Waals surface area contributed by atoms with Crippen LogP contribution >= 0.6 is 11.3 Å². The predicted molar refractivity (Wildman–Crippen MR) is 108 cm³/mol. The number of thiophene rings is 1. The van der Waals surface area contributed by atoms with Crippen molar-refractivity contribution in [1.29, 1.82) is 0 Å². The Hall–Kier alpha value is -3.20. The van der Waals surface area contributed by atoms with Crippen molar-refractivity contribution < 1.29 is 23.8 Å². The number of carbonyl (C=O) groups is 2. The molecule has 0 N–H and O–H groups in total. The Morgan fingerprint density at radius 3 is 2.62 bits per heavy atom. The van der Waals surface area contributed by atoms with Gasteiger partial charge in [-0.1, -0.05) is 0 Å². The van der Waals surface area contributed by atoms with E-state index in [0.29, 0.717) is 21.7 Å². The molecule has 0 saturated carbocycles. The van der Waals surface area contributed by atoms with Crippen molar-refractivity contribution in [3.63, 3.8) is 0 Å². The van der Waals surface area contributed by atoms with Crippen LogP contribution in [-0.2, 0) is 16.1 Å². The number of rotatable bonds is 7. The van der Waals surface area contributed by atoms with E-state index in [1.807, 2.05) is 13.8 Å². The minimum Gasteiger partial charge on any atom is -0.497 e. The maximum absolute atomic E-state index is 12.6. The van der Waals surface area contributed by atoms with Gasteiger partial charge in [-0.05, 0) is 31.5 Å². The topological polar surface area (TPSA) is 96.7 Å². The SMILES string of the molecule is COc1ccc(C(=O)COC(=O)Cn2cnc3sc(C)c(C)c3c2=O)c(OC)c1. The van der Waals surface area contributed by atoms with E-state index in [-0.39, 0.29) is 17.7 Å². The van der Waals surface area contributed by atoms with Crippen molar-refractivity contribution in [2.75, 3.05) is 20.8 Å². The van der Waals surface area contributed by atoms with Gasteiger partial charge in [-0.3, -0.25) is 19.0 Å². The molecule has 0 radical (unpaired) electrons. The van der Waals surface area contributed by atoms with Crippen LogP contribution in [0.15, 0.2) is 29.3 Å². The Morgan fingerprint density at radius 2 is 1.93 bits per heavy atom. The zero-order valence-corrected chi connectivity index (χ0v) is 17.3. The van der Waals surface area contributed by atoms with Crippen molar-refractivity contribution in [3.8, 4) is 11.5 Å². The molecule has 8 nitrogen and oxygen atoms in total. The van der Waals surface area contributed by atoms with E-state index in [9.17, 15) is 14.4 Å². The average Bonchev–Trinajstić information content (AvgIpc) is 3.02. The molecule has 152 valence electrons. The average molecular weight is 416 g/mol. The van der Waals surface area contributed by atoms with Crippen molar-refractivity contribution in [2.24, 2.45) is 0 Å². The summed E-state index contributed by atoms with van der Waals surface area (Å²) in [4.78, 5) is 43.1. The van der Waals surface area contributed by atoms with Gasteiger partial charge in [0.15, 0.2) is 6.61 Å². The van der Waals surface area contributed by atoms with Gasteiger partial charge >= 0.3 is 5.97 Å². The molecule has 0 aliphatic heterocycles. The lowest BCUT2D eigenvalue weighted by atomic mass is 10.1. The molecule has 9 heteroatoms. The van der Waals surface area contributed by atoms with E-state index in [2.05, 4.69) is 4.98 Å². The van der Waals surface area contributed by atoms with Crippen LogP contribution in [0, 0.1) is 13.8 Å². The summed E-state index contributed by atoms with van der Waals surface area (Å²) >= 11 is 1.43. The maximum Gasteiger partial charge on any atom is 0.326 e. The normalized spacial score (nSPS) is 10.8. The van der Waals surface area contributed by atoms with Gasteiger partial charge < -0.3 is 14.2 Å². The Kier molecular flexibility index (Phi) is 5.97. The van der Waals surface area contributed by atoms with Crippen molar-refractivity contribution in [2.45, 2.75) is 20.4 Å². The van der Waals surface area contributed by atoms with Gasteiger partial charge in [0.1, 0.15) is 22.9 Å². The highest BCUT2D eigenvalue weighted by Crippen LogP contribution is 2.26. The fourth-order valence-electron chi connectivity index (χ4n) is 2.82. The summed E-state index contributed by atoms with van der Waals surface area (Å²) < 4.78 is 16.5. The molecule has 2 aromatic heterocycles. The monoisotopic (exact) mass is 416 g/mol. The molecule has 0 amide bonds. The highest BCUT2D eigenvalue weighted by Gasteiger charge is 2.17. The van der Waals surface area contributed by atoms with Crippen molar-refractivity contribution >= 4 is 33.3 Å². The number of hydrogen-bond donors (Lipinski definition) is 0. The Bertz CT molecular complexity index is 1150. The number of aryl methyl sites for hydroxylation is 2. The minimum atomic E-state index is -0.710. The van der Waals surface area contributed by atoms with E-state index in [1.165, 1.54) is 42.5 Å². The lowest BCUT2D eigenvalue weighted by Gasteiger charge is -2.10. The van der Waals surface area contributed by atoms with Crippen molar-refractivity contribution in [1.82, 2.24) is 9.55 Å². The number of benzene rings is 1. The summed E-state index contributed by atoms with van der Waals surface area (Å²) in [5.41, 5.74) is 0.815. The molecule has 1 aromatic carbocycles. The summed E-state index contributed by atoms with van der Waals surface area (Å²) in [7, 11) is 2.94. The third-order valence-corrected chi connectivity index (χ3v) is 5.64. The Balaban J connectivity index is 1.70. The summed E-state index contributed by atoms with van der Waals surface area (Å²) in [6.07, 6.45) is 1.32. The van der Waals surface area contributed by atoms with E-state index in [1.54, 1.807) is 12.1 Å². The van der Waals surface area contributed by atoms with Crippen LogP contribution in [0.1, 0.15) is 20.8 Å². The van der Waals surface area contributed by atoms with Crippen LogP contribution in [0.3, 0.4) is 0 Å². The fourth-order valence-corrected chi connectivity index (χ4v) is 3.81. The summed E-state index contributed by atoms with van der Waals surface area (Å²) in [5.74, 6) is -0.280. The van der Waals surface area contributed by atoms with Gasteiger partial charge in [0.25, 0.3) is 5.56 Å². The number of aromatic nitrogens is 2. The second-order valence-corrected chi connectivity index (χ2v) is 7.49. The Labute approximate surface area is 170 Å². The summed E-state index contributed by atoms with van der Waals surface area (Å²) in [6, 6.07) is 4.72. The Morgan fingerprint density at radius 1 is 1.17 bits per heavy atom. The van der Waals surface area contributed by atoms with Gasteiger partial charge in [-0.2, -0.15) is 0 Å². The second-order valence-electron chi connectivity index (χ2n) is 6.29. The van der Waals surface area contributed by atoms with Gasteiger partial charge in [0, 0.05) is 10.9 Å². The number of esters is 1. The lowest BCUT2D eigenvalue weighted by Crippen LogP contribution is -2.26. The number of nitrogens with zero attached hydrogens (tertiary/aromatic N) is 2. The quantitative estimate of drug-likeness (QED) is 0.431. The standard InChI is InChI=1S/C20H20N2O6S/c1-11-12(2)29-19-18(11)20(25)22(10-21-19)8-17(24)28-9-15(23)14-6-5-13(26-3)7-16(14)27-4/h5-7,10H,8-9H2,1-4H3. The van der Waals surface area contributed by atoms with Crippen LogP contribution in [0.4, 0.5) is 0 Å². The highest BCUT2D eigenvalue weighted by atomic mass is 32.1. The molecule has 29 heavy (non-hydrogen) atoms. The molecule has 2 heterocycles. The van der Waals surface area contributed by atoms with E-state index in [0.717, 1.165) is 10.4 Å². The van der Waals surface area contributed by atoms with E-state index < -0.39 is 18.4 Å². The van der Waals surface area contributed by atoms with E-state index >= 15 is 0 Å². The first kappa shape index (κ1) is 20.5. The largest absolute Gasteiger partial charge is 0.497 e. The molecule has 0 spiro atoms. The zero-order valence-electron chi connectivity index (χ0n) is 16.5. The summed E-state index contributed by atoms with van der Waals surface area (Å²) in [5, 5.41) is 0.502. The molecule has 0 unspecified atom stereocenters. The van der Waals surface area contributed by atoms with Crippen LogP contribution < -0.4 is 15.0 Å². The predicted octanol–water partition coefficient (Wildman–Crippen LogP) is 2.52. The molecular weight excluding hydrogens is 396 g/mol. The molecule has 0 fully saturated rings. The number of carbonyl (C=O) groups excluding carboxylic acids is 2. The maximum atomic E-state index is 12.6. The number of hydrogen-bond acceptors (Lipinski definition) is 8. The number of ether oxygens (including phenoxy) is 3. The smallest absolute Gasteiger partial charge is 0.326 e. The molecule has 3 aromatic rings. The van der Waals surface area contributed by atoms with Crippen LogP contribution in [0.5, 0.6) is 11.5 Å². The van der Waals surface area contributed by atoms with Crippen LogP contribution in [0.2, 0.25) is 0 Å². The van der Waals surface area contributed by atoms with Gasteiger partial charge in [-0.15, -0.1) is 11.3 Å². The molecule has 0 aliphatic carbocycles. The summed E-state index contributed by atoms with van der Waals surface area (Å²) in [6.45, 7) is 2.96. The molecular formula is C20H20N2O6S. The lowest BCUT2D eigenvalue weighted by molar-refractivity contribution is -0.143. The minimum absolute atomic E-state index is 0.269. The third-order valence-electron chi connectivity index (χ3n) is 4.53. The van der Waals surface area contributed by atoms with Gasteiger partial charge in [-0.25, -0.2) is 4.98 Å². The second kappa shape index (κ2) is 8.44. The molecule has 0 bridgehead atoms. The molecule has 0 atom stereocenters. The number of ketones is 1. The first-order valence-electron chi connectivity index (χ1n) is 8.71. The first-order valence-corrected chi connectivity index (χ1v) is 9.53. The number of Topliss-reactive ketones (excluding diaryl/α,β-unsaturated/α-hetero) is 1. The molecule has 3 rings (SSSR count). The van der Waals surface area contributed by atoms with Crippen LogP contribution in [-0.4, -0.2) is 42.1 Å². The molecule has 0 saturated heterocycles. The molecule has 0 aliphatic rings. The van der Waals surface area contributed by atoms with Crippen molar-refractivity contribution in [3.05, 3.63) is 50.9 Å². The highest BCUT2D eigenvalue weighted by molar-refractivity contribution is 7.18. The third kappa shape index (κ3) is 4.14. The zero-order chi connectivity index (χ0) is 21.1. The first-order chi connectivity index (χ1) is 13.8. The van der Waals surface area contributed by atoms with Gasteiger partial charge in [0.05, 0.1) is 31.5 Å². The number of methoxy groups -OCH3 is 2. The number of fused-ring (bicyclic) bond motifs is 1. The fraction of sp³-hybridized carbons (Fsp3) is 0.300. The van der Waals surface area contributed by atoms with Gasteiger partial charge in [0.2, 0.25) is 5.78 Å². The van der Waals surface area contributed by atoms with E-state index in [4.69, 9.17) is 14.2 Å².